The highest BCUT2D eigenvalue weighted by molar-refractivity contribution is 7.89. The number of aryl methyl sites for hydroxylation is 2. The Kier molecular flexibility index (Phi) is 4.50. The Balaban J connectivity index is 1.59. The molecule has 2 aromatic rings. The first-order valence-electron chi connectivity index (χ1n) is 7.72. The maximum Gasteiger partial charge on any atom is 0.238 e. The average Bonchev–Trinajstić information content (AvgIpc) is 3.25. The number of hydrogen-bond acceptors (Lipinski definition) is 2. The molecule has 122 valence electrons. The summed E-state index contributed by atoms with van der Waals surface area (Å²) < 4.78 is 22.5. The fourth-order valence-corrected chi connectivity index (χ4v) is 3.92. The van der Waals surface area contributed by atoms with Gasteiger partial charge in [-0.05, 0) is 72.9 Å². The van der Waals surface area contributed by atoms with Gasteiger partial charge in [0.15, 0.2) is 0 Å². The first-order chi connectivity index (χ1) is 10.8. The minimum Gasteiger partial charge on any atom is -0.225 e. The number of sulfonamides is 1. The number of benzene rings is 2. The maximum absolute atomic E-state index is 11.3. The van der Waals surface area contributed by atoms with E-state index in [1.165, 1.54) is 16.7 Å². The van der Waals surface area contributed by atoms with Gasteiger partial charge in [-0.2, -0.15) is 0 Å². The average molecular weight is 350 g/mol. The number of primary sulfonamides is 1. The molecule has 2 aromatic carbocycles. The van der Waals surface area contributed by atoms with E-state index in [1.54, 1.807) is 12.1 Å². The molecule has 0 aliphatic heterocycles. The number of rotatable bonds is 5. The lowest BCUT2D eigenvalue weighted by Crippen LogP contribution is -2.11. The second kappa shape index (κ2) is 6.27. The molecule has 0 aromatic heterocycles. The third kappa shape index (κ3) is 3.94. The molecule has 2 unspecified atom stereocenters. The predicted octanol–water partition coefficient (Wildman–Crippen LogP) is 4.03. The number of hydrogen-bond donors (Lipinski definition) is 1. The van der Waals surface area contributed by atoms with Crippen LogP contribution in [0, 0.1) is 12.8 Å². The van der Waals surface area contributed by atoms with Crippen molar-refractivity contribution in [2.24, 2.45) is 11.1 Å². The Morgan fingerprint density at radius 3 is 2.48 bits per heavy atom. The third-order valence-corrected chi connectivity index (χ3v) is 5.83. The van der Waals surface area contributed by atoms with Crippen LogP contribution in [0.25, 0.3) is 0 Å². The smallest absolute Gasteiger partial charge is 0.225 e. The number of halogens is 1. The van der Waals surface area contributed by atoms with Crippen LogP contribution in [0.15, 0.2) is 47.4 Å². The first kappa shape index (κ1) is 16.5. The van der Waals surface area contributed by atoms with Crippen LogP contribution in [0.3, 0.4) is 0 Å². The molecule has 23 heavy (non-hydrogen) atoms. The quantitative estimate of drug-likeness (QED) is 0.885. The lowest BCUT2D eigenvalue weighted by molar-refractivity contribution is 0.597. The Bertz CT molecular complexity index is 815. The van der Waals surface area contributed by atoms with Gasteiger partial charge >= 0.3 is 0 Å². The molecule has 0 radical (unpaired) electrons. The third-order valence-electron chi connectivity index (χ3n) is 4.55. The van der Waals surface area contributed by atoms with E-state index >= 15 is 0 Å². The Hall–Kier alpha value is -1.36. The molecular formula is C18H20ClNO2S. The van der Waals surface area contributed by atoms with Crippen LogP contribution in [0.1, 0.15) is 35.4 Å². The summed E-state index contributed by atoms with van der Waals surface area (Å²) in [6, 6.07) is 13.2. The second-order valence-corrected chi connectivity index (χ2v) is 8.32. The molecule has 3 rings (SSSR count). The van der Waals surface area contributed by atoms with E-state index in [0.717, 1.165) is 24.3 Å². The molecule has 3 nitrogen and oxygen atoms in total. The number of nitrogens with two attached hydrogens (primary N) is 1. The van der Waals surface area contributed by atoms with Crippen molar-refractivity contribution in [3.05, 3.63) is 64.2 Å². The standard InChI is InChI=1S/C18H20ClNO2S/c1-12-2-3-14(18(19)10-12)4-5-15-11-17(15)13-6-8-16(9-7-13)23(20,21)22/h2-3,6-10,15,17H,4-5,11H2,1H3,(H2,20,21,22). The van der Waals surface area contributed by atoms with Crippen molar-refractivity contribution in [1.29, 1.82) is 0 Å². The van der Waals surface area contributed by atoms with Gasteiger partial charge in [0.1, 0.15) is 0 Å². The SMILES string of the molecule is Cc1ccc(CCC2CC2c2ccc(S(N)(=O)=O)cc2)c(Cl)c1. The van der Waals surface area contributed by atoms with Gasteiger partial charge in [-0.25, -0.2) is 13.6 Å². The zero-order valence-electron chi connectivity index (χ0n) is 13.0. The summed E-state index contributed by atoms with van der Waals surface area (Å²) in [4.78, 5) is 0.171. The summed E-state index contributed by atoms with van der Waals surface area (Å²) in [7, 11) is -3.61. The molecule has 0 heterocycles. The summed E-state index contributed by atoms with van der Waals surface area (Å²) in [5, 5.41) is 5.97. The van der Waals surface area contributed by atoms with Crippen LogP contribution in [0.4, 0.5) is 0 Å². The molecule has 2 N–H and O–H groups in total. The van der Waals surface area contributed by atoms with E-state index in [1.807, 2.05) is 25.1 Å². The molecule has 1 saturated carbocycles. The fourth-order valence-electron chi connectivity index (χ4n) is 3.08. The predicted molar refractivity (Wildman–Crippen MR) is 93.2 cm³/mol. The van der Waals surface area contributed by atoms with Gasteiger partial charge in [0.05, 0.1) is 4.90 Å². The van der Waals surface area contributed by atoms with Crippen LogP contribution in [0.5, 0.6) is 0 Å². The van der Waals surface area contributed by atoms with Gasteiger partial charge in [-0.3, -0.25) is 0 Å². The summed E-state index contributed by atoms with van der Waals surface area (Å²) in [6.07, 6.45) is 3.23. The Morgan fingerprint density at radius 2 is 1.87 bits per heavy atom. The molecule has 1 aliphatic rings. The topological polar surface area (TPSA) is 60.2 Å². The van der Waals surface area contributed by atoms with E-state index in [9.17, 15) is 8.42 Å². The van der Waals surface area contributed by atoms with Crippen molar-refractivity contribution in [3.8, 4) is 0 Å². The van der Waals surface area contributed by atoms with Gasteiger partial charge in [0.25, 0.3) is 0 Å². The van der Waals surface area contributed by atoms with Crippen molar-refractivity contribution in [3.63, 3.8) is 0 Å². The molecule has 2 atom stereocenters. The van der Waals surface area contributed by atoms with E-state index in [0.29, 0.717) is 11.8 Å². The zero-order chi connectivity index (χ0) is 16.6. The van der Waals surface area contributed by atoms with E-state index in [4.69, 9.17) is 16.7 Å². The second-order valence-electron chi connectivity index (χ2n) is 6.35. The maximum atomic E-state index is 11.3. The van der Waals surface area contributed by atoms with E-state index < -0.39 is 10.0 Å². The molecule has 0 amide bonds. The van der Waals surface area contributed by atoms with Crippen molar-refractivity contribution in [1.82, 2.24) is 0 Å². The molecule has 0 spiro atoms. The van der Waals surface area contributed by atoms with Crippen molar-refractivity contribution in [2.75, 3.05) is 0 Å². The van der Waals surface area contributed by atoms with Crippen LogP contribution in [-0.4, -0.2) is 8.42 Å². The molecule has 0 saturated heterocycles. The zero-order valence-corrected chi connectivity index (χ0v) is 14.6. The lowest BCUT2D eigenvalue weighted by Gasteiger charge is -2.06. The summed E-state index contributed by atoms with van der Waals surface area (Å²) in [6.45, 7) is 2.04. The minimum atomic E-state index is -3.61. The van der Waals surface area contributed by atoms with Crippen LogP contribution < -0.4 is 5.14 Å². The van der Waals surface area contributed by atoms with Crippen LogP contribution in [0.2, 0.25) is 5.02 Å². The monoisotopic (exact) mass is 349 g/mol. The first-order valence-corrected chi connectivity index (χ1v) is 9.65. The lowest BCUT2D eigenvalue weighted by atomic mass is 10.0. The highest BCUT2D eigenvalue weighted by atomic mass is 35.5. The van der Waals surface area contributed by atoms with Gasteiger partial charge in [0.2, 0.25) is 10.0 Å². The van der Waals surface area contributed by atoms with E-state index in [-0.39, 0.29) is 4.90 Å². The van der Waals surface area contributed by atoms with Crippen LogP contribution in [-0.2, 0) is 16.4 Å². The minimum absolute atomic E-state index is 0.171. The molecule has 1 fully saturated rings. The molecular weight excluding hydrogens is 330 g/mol. The van der Waals surface area contributed by atoms with Crippen molar-refractivity contribution in [2.45, 2.75) is 37.0 Å². The summed E-state index contributed by atoms with van der Waals surface area (Å²) in [5.74, 6) is 1.17. The molecule has 1 aliphatic carbocycles. The largest absolute Gasteiger partial charge is 0.238 e. The van der Waals surface area contributed by atoms with Crippen LogP contribution >= 0.6 is 11.6 Å². The van der Waals surface area contributed by atoms with Crippen molar-refractivity contribution >= 4 is 21.6 Å². The van der Waals surface area contributed by atoms with Gasteiger partial charge in [-0.1, -0.05) is 35.9 Å². The summed E-state index contributed by atoms with van der Waals surface area (Å²) in [5.41, 5.74) is 3.57. The molecule has 5 heteroatoms. The Labute approximate surface area is 142 Å². The van der Waals surface area contributed by atoms with E-state index in [2.05, 4.69) is 12.1 Å². The van der Waals surface area contributed by atoms with Crippen molar-refractivity contribution < 1.29 is 8.42 Å². The van der Waals surface area contributed by atoms with Gasteiger partial charge < -0.3 is 0 Å². The fraction of sp³-hybridized carbons (Fsp3) is 0.333. The highest BCUT2D eigenvalue weighted by Crippen LogP contribution is 2.50. The highest BCUT2D eigenvalue weighted by Gasteiger charge is 2.37. The van der Waals surface area contributed by atoms with Gasteiger partial charge in [0, 0.05) is 5.02 Å². The summed E-state index contributed by atoms with van der Waals surface area (Å²) >= 11 is 6.28. The normalized spacial score (nSPS) is 20.5. The molecule has 0 bridgehead atoms. The Morgan fingerprint density at radius 1 is 1.17 bits per heavy atom. The van der Waals surface area contributed by atoms with Gasteiger partial charge in [-0.15, -0.1) is 0 Å².